The minimum Gasteiger partial charge on any atom is -0.352 e. The quantitative estimate of drug-likeness (QED) is 0.941. The number of aryl methyl sites for hydroxylation is 1. The van der Waals surface area contributed by atoms with Gasteiger partial charge in [-0.15, -0.1) is 0 Å². The standard InChI is InChI=1S/C20H22N2O2/c1-14-10-16(8-9-19(14)17-6-4-3-5-7-17)11-21-20(24)18-12-22(13-18)15(2)23/h3-10,18H,11-13H2,1-2H3,(H,21,24). The molecule has 0 spiro atoms. The zero-order chi connectivity index (χ0) is 17.1. The maximum absolute atomic E-state index is 12.1. The van der Waals surface area contributed by atoms with E-state index < -0.39 is 0 Å². The summed E-state index contributed by atoms with van der Waals surface area (Å²) in [7, 11) is 0. The predicted molar refractivity (Wildman–Crippen MR) is 94.2 cm³/mol. The van der Waals surface area contributed by atoms with E-state index in [1.54, 1.807) is 4.90 Å². The van der Waals surface area contributed by atoms with Crippen LogP contribution in [-0.2, 0) is 16.1 Å². The molecule has 0 radical (unpaired) electrons. The molecular weight excluding hydrogens is 300 g/mol. The second-order valence-electron chi connectivity index (χ2n) is 6.35. The van der Waals surface area contributed by atoms with E-state index in [1.807, 2.05) is 18.2 Å². The molecule has 0 aromatic heterocycles. The summed E-state index contributed by atoms with van der Waals surface area (Å²) in [4.78, 5) is 24.9. The second kappa shape index (κ2) is 6.87. The van der Waals surface area contributed by atoms with Gasteiger partial charge in [-0.25, -0.2) is 0 Å². The van der Waals surface area contributed by atoms with E-state index in [0.717, 1.165) is 5.56 Å². The van der Waals surface area contributed by atoms with Crippen LogP contribution in [0.15, 0.2) is 48.5 Å². The molecule has 2 aromatic rings. The van der Waals surface area contributed by atoms with Crippen LogP contribution >= 0.6 is 0 Å². The lowest BCUT2D eigenvalue weighted by Crippen LogP contribution is -2.55. The topological polar surface area (TPSA) is 49.4 Å². The highest BCUT2D eigenvalue weighted by atomic mass is 16.2. The van der Waals surface area contributed by atoms with Crippen molar-refractivity contribution in [2.45, 2.75) is 20.4 Å². The van der Waals surface area contributed by atoms with Crippen molar-refractivity contribution in [3.05, 3.63) is 59.7 Å². The second-order valence-corrected chi connectivity index (χ2v) is 6.35. The van der Waals surface area contributed by atoms with Crippen molar-refractivity contribution in [2.24, 2.45) is 5.92 Å². The number of carbonyl (C=O) groups excluding carboxylic acids is 2. The summed E-state index contributed by atoms with van der Waals surface area (Å²) in [6.45, 7) is 5.21. The molecule has 1 heterocycles. The summed E-state index contributed by atoms with van der Waals surface area (Å²) in [6.07, 6.45) is 0. The van der Waals surface area contributed by atoms with E-state index in [0.29, 0.717) is 19.6 Å². The highest BCUT2D eigenvalue weighted by Gasteiger charge is 2.33. The fraction of sp³-hybridized carbons (Fsp3) is 0.300. The first kappa shape index (κ1) is 16.2. The lowest BCUT2D eigenvalue weighted by molar-refractivity contribution is -0.141. The minimum atomic E-state index is -0.0708. The van der Waals surface area contributed by atoms with Gasteiger partial charge in [0, 0.05) is 26.6 Å². The van der Waals surface area contributed by atoms with E-state index in [9.17, 15) is 9.59 Å². The maximum atomic E-state index is 12.1. The van der Waals surface area contributed by atoms with Gasteiger partial charge in [0.1, 0.15) is 0 Å². The van der Waals surface area contributed by atoms with Gasteiger partial charge in [0.2, 0.25) is 11.8 Å². The van der Waals surface area contributed by atoms with Crippen molar-refractivity contribution >= 4 is 11.8 Å². The van der Waals surface area contributed by atoms with Crippen molar-refractivity contribution in [1.82, 2.24) is 10.2 Å². The molecule has 2 aromatic carbocycles. The Labute approximate surface area is 142 Å². The number of benzene rings is 2. The Morgan fingerprint density at radius 2 is 1.83 bits per heavy atom. The van der Waals surface area contributed by atoms with Crippen molar-refractivity contribution in [2.75, 3.05) is 13.1 Å². The summed E-state index contributed by atoms with van der Waals surface area (Å²) < 4.78 is 0. The molecule has 1 aliphatic rings. The van der Waals surface area contributed by atoms with Crippen LogP contribution in [0.3, 0.4) is 0 Å². The van der Waals surface area contributed by atoms with Crippen LogP contribution in [0, 0.1) is 12.8 Å². The number of carbonyl (C=O) groups is 2. The average Bonchev–Trinajstić information content (AvgIpc) is 2.52. The Hall–Kier alpha value is -2.62. The Kier molecular flexibility index (Phi) is 4.65. The normalized spacial score (nSPS) is 14.2. The van der Waals surface area contributed by atoms with Gasteiger partial charge >= 0.3 is 0 Å². The van der Waals surface area contributed by atoms with Crippen molar-refractivity contribution in [3.63, 3.8) is 0 Å². The third kappa shape index (κ3) is 3.48. The summed E-state index contributed by atoms with van der Waals surface area (Å²) in [5.74, 6) is -0.0120. The van der Waals surface area contributed by atoms with Crippen molar-refractivity contribution < 1.29 is 9.59 Å². The molecule has 4 heteroatoms. The largest absolute Gasteiger partial charge is 0.352 e. The molecule has 124 valence electrons. The third-order valence-electron chi connectivity index (χ3n) is 4.54. The smallest absolute Gasteiger partial charge is 0.226 e. The van der Waals surface area contributed by atoms with Gasteiger partial charge in [0.25, 0.3) is 0 Å². The molecule has 1 aliphatic heterocycles. The molecule has 4 nitrogen and oxygen atoms in total. The lowest BCUT2D eigenvalue weighted by atomic mass is 9.97. The van der Waals surface area contributed by atoms with Gasteiger partial charge in [-0.1, -0.05) is 48.5 Å². The Bertz CT molecular complexity index is 749. The minimum absolute atomic E-state index is 0.0253. The molecule has 3 rings (SSSR count). The summed E-state index contributed by atoms with van der Waals surface area (Å²) in [5, 5.41) is 2.97. The van der Waals surface area contributed by atoms with Crippen LogP contribution < -0.4 is 5.32 Å². The molecule has 1 saturated heterocycles. The van der Waals surface area contributed by atoms with Crippen LogP contribution in [0.1, 0.15) is 18.1 Å². The number of nitrogens with zero attached hydrogens (tertiary/aromatic N) is 1. The van der Waals surface area contributed by atoms with E-state index >= 15 is 0 Å². The maximum Gasteiger partial charge on any atom is 0.226 e. The molecule has 24 heavy (non-hydrogen) atoms. The zero-order valence-electron chi connectivity index (χ0n) is 14.1. The summed E-state index contributed by atoms with van der Waals surface area (Å²) in [5.41, 5.74) is 4.69. The number of hydrogen-bond acceptors (Lipinski definition) is 2. The summed E-state index contributed by atoms with van der Waals surface area (Å²) >= 11 is 0. The van der Waals surface area contributed by atoms with Crippen molar-refractivity contribution in [3.8, 4) is 11.1 Å². The van der Waals surface area contributed by atoms with Crippen LogP contribution in [0.25, 0.3) is 11.1 Å². The van der Waals surface area contributed by atoms with Gasteiger partial charge in [-0.05, 0) is 29.2 Å². The average molecular weight is 322 g/mol. The molecule has 2 amide bonds. The van der Waals surface area contributed by atoms with E-state index in [-0.39, 0.29) is 17.7 Å². The van der Waals surface area contributed by atoms with E-state index in [1.165, 1.54) is 23.6 Å². The fourth-order valence-corrected chi connectivity index (χ4v) is 3.01. The number of nitrogens with one attached hydrogen (secondary N) is 1. The molecule has 0 aliphatic carbocycles. The highest BCUT2D eigenvalue weighted by molar-refractivity contribution is 5.83. The monoisotopic (exact) mass is 322 g/mol. The van der Waals surface area contributed by atoms with Crippen LogP contribution in [0.2, 0.25) is 0 Å². The Morgan fingerprint density at radius 3 is 2.46 bits per heavy atom. The molecular formula is C20H22N2O2. The highest BCUT2D eigenvalue weighted by Crippen LogP contribution is 2.24. The number of hydrogen-bond donors (Lipinski definition) is 1. The van der Waals surface area contributed by atoms with Crippen LogP contribution in [0.4, 0.5) is 0 Å². The van der Waals surface area contributed by atoms with Gasteiger partial charge in [0.05, 0.1) is 5.92 Å². The molecule has 1 N–H and O–H groups in total. The van der Waals surface area contributed by atoms with E-state index in [4.69, 9.17) is 0 Å². The molecule has 0 atom stereocenters. The molecule has 0 bridgehead atoms. The van der Waals surface area contributed by atoms with Crippen molar-refractivity contribution in [1.29, 1.82) is 0 Å². The van der Waals surface area contributed by atoms with Gasteiger partial charge in [-0.2, -0.15) is 0 Å². The number of amides is 2. The lowest BCUT2D eigenvalue weighted by Gasteiger charge is -2.37. The van der Waals surface area contributed by atoms with Gasteiger partial charge < -0.3 is 10.2 Å². The number of rotatable bonds is 4. The number of likely N-dealkylation sites (tertiary alicyclic amines) is 1. The third-order valence-corrected chi connectivity index (χ3v) is 4.54. The van der Waals surface area contributed by atoms with Crippen LogP contribution in [0.5, 0.6) is 0 Å². The molecule has 0 saturated carbocycles. The summed E-state index contributed by atoms with van der Waals surface area (Å²) in [6, 6.07) is 16.5. The SMILES string of the molecule is CC(=O)N1CC(C(=O)NCc2ccc(-c3ccccc3)c(C)c2)C1. The first-order chi connectivity index (χ1) is 11.5. The Balaban J connectivity index is 1.58. The first-order valence-corrected chi connectivity index (χ1v) is 8.23. The Morgan fingerprint density at radius 1 is 1.12 bits per heavy atom. The molecule has 0 unspecified atom stereocenters. The first-order valence-electron chi connectivity index (χ1n) is 8.23. The molecule has 1 fully saturated rings. The predicted octanol–water partition coefficient (Wildman–Crippen LogP) is 2.76. The van der Waals surface area contributed by atoms with E-state index in [2.05, 4.69) is 42.6 Å². The van der Waals surface area contributed by atoms with Gasteiger partial charge in [-0.3, -0.25) is 9.59 Å². The van der Waals surface area contributed by atoms with Crippen LogP contribution in [-0.4, -0.2) is 29.8 Å². The van der Waals surface area contributed by atoms with Gasteiger partial charge in [0.15, 0.2) is 0 Å². The zero-order valence-corrected chi connectivity index (χ0v) is 14.1. The fourth-order valence-electron chi connectivity index (χ4n) is 3.01.